The second-order valence-corrected chi connectivity index (χ2v) is 15.4. The van der Waals surface area contributed by atoms with Gasteiger partial charge in [0, 0.05) is 16.0 Å². The number of ether oxygens (including phenoxy) is 3. The van der Waals surface area contributed by atoms with Gasteiger partial charge >= 0.3 is 8.32 Å². The summed E-state index contributed by atoms with van der Waals surface area (Å²) in [5.41, 5.74) is 12.0. The predicted molar refractivity (Wildman–Crippen MR) is 171 cm³/mol. The van der Waals surface area contributed by atoms with Crippen LogP contribution >= 0.6 is 0 Å². The summed E-state index contributed by atoms with van der Waals surface area (Å²) in [5, 5.41) is 6.17. The molecule has 0 fully saturated rings. The lowest BCUT2D eigenvalue weighted by Gasteiger charge is -2.43. The predicted octanol–water partition coefficient (Wildman–Crippen LogP) is 7.52. The van der Waals surface area contributed by atoms with Crippen molar-refractivity contribution in [1.29, 1.82) is 0 Å². The van der Waals surface area contributed by atoms with E-state index in [0.29, 0.717) is 29.4 Å². The maximum absolute atomic E-state index is 9.53. The first-order valence-electron chi connectivity index (χ1n) is 14.0. The topological polar surface area (TPSA) is 85.7 Å². The largest absolute Gasteiger partial charge is 0.534 e. The van der Waals surface area contributed by atoms with Crippen molar-refractivity contribution in [3.05, 3.63) is 124 Å². The number of hydrogen-bond donors (Lipinski definition) is 0. The monoisotopic (exact) mass is 581 g/mol. The van der Waals surface area contributed by atoms with Crippen molar-refractivity contribution in [2.24, 2.45) is 5.11 Å². The lowest BCUT2D eigenvalue weighted by atomic mass is 10.0. The highest BCUT2D eigenvalue weighted by Gasteiger charge is 2.52. The lowest BCUT2D eigenvalue weighted by Crippen LogP contribution is -2.68. The van der Waals surface area contributed by atoms with E-state index >= 15 is 0 Å². The Morgan fingerprint density at radius 1 is 0.810 bits per heavy atom. The molecular weight excluding hydrogens is 542 g/mol. The van der Waals surface area contributed by atoms with E-state index in [1.807, 2.05) is 55.5 Å². The molecule has 0 aromatic heterocycles. The van der Waals surface area contributed by atoms with Gasteiger partial charge in [0.25, 0.3) is 0 Å². The van der Waals surface area contributed by atoms with Crippen molar-refractivity contribution >= 4 is 18.7 Å². The third-order valence-electron chi connectivity index (χ3n) is 7.49. The van der Waals surface area contributed by atoms with Crippen LogP contribution in [0.3, 0.4) is 0 Å². The molecule has 0 unspecified atom stereocenters. The number of nitrogens with zero attached hydrogens (tertiary/aromatic N) is 3. The molecule has 0 N–H and O–H groups in total. The van der Waals surface area contributed by atoms with E-state index < -0.39 is 14.4 Å². The highest BCUT2D eigenvalue weighted by atomic mass is 28.4. The van der Waals surface area contributed by atoms with E-state index in [1.54, 1.807) is 14.2 Å². The zero-order valence-corrected chi connectivity index (χ0v) is 26.2. The van der Waals surface area contributed by atoms with Crippen LogP contribution in [0.25, 0.3) is 10.4 Å². The Bertz CT molecular complexity index is 1460. The van der Waals surface area contributed by atoms with Crippen LogP contribution in [0.4, 0.5) is 0 Å². The molecule has 0 amide bonds. The van der Waals surface area contributed by atoms with Crippen molar-refractivity contribution in [1.82, 2.24) is 0 Å². The van der Waals surface area contributed by atoms with Gasteiger partial charge in [-0.25, -0.2) is 0 Å². The van der Waals surface area contributed by atoms with Gasteiger partial charge in [0.1, 0.15) is 5.75 Å². The number of hydrogen-bond acceptors (Lipinski definition) is 5. The number of methoxy groups -OCH3 is 2. The van der Waals surface area contributed by atoms with Crippen molar-refractivity contribution in [3.8, 4) is 17.2 Å². The van der Waals surface area contributed by atoms with Gasteiger partial charge in [-0.3, -0.25) is 0 Å². The Hall–Kier alpha value is -4.23. The van der Waals surface area contributed by atoms with Crippen molar-refractivity contribution < 1.29 is 18.6 Å². The maximum atomic E-state index is 9.53. The van der Waals surface area contributed by atoms with Crippen molar-refractivity contribution in [2.75, 3.05) is 20.8 Å². The molecule has 7 nitrogen and oxygen atoms in total. The third kappa shape index (κ3) is 6.31. The first kappa shape index (κ1) is 30.7. The van der Waals surface area contributed by atoms with E-state index in [4.69, 9.17) is 18.6 Å². The maximum Gasteiger partial charge on any atom is 0.319 e. The molecule has 0 aliphatic heterocycles. The summed E-state index contributed by atoms with van der Waals surface area (Å²) < 4.78 is 25.2. The van der Waals surface area contributed by atoms with E-state index in [2.05, 4.69) is 79.3 Å². The highest BCUT2D eigenvalue weighted by molar-refractivity contribution is 7.00. The molecule has 0 aliphatic carbocycles. The molecular formula is C34H39N3O4Si. The Morgan fingerprint density at radius 2 is 1.33 bits per heavy atom. The van der Waals surface area contributed by atoms with Gasteiger partial charge in [0.2, 0.25) is 0 Å². The Kier molecular flexibility index (Phi) is 9.96. The SMILES string of the molecule is COc1c([C@@H](COCc2ccccc2)N=[N+]=[N-])cc(O[Si](c2ccccc2)(c2ccccc2)C(C)(C)C)c(C)c1OC. The summed E-state index contributed by atoms with van der Waals surface area (Å²) in [6.07, 6.45) is 0. The van der Waals surface area contributed by atoms with Gasteiger partial charge in [-0.15, -0.1) is 0 Å². The van der Waals surface area contributed by atoms with Crippen LogP contribution in [0.5, 0.6) is 17.2 Å². The molecule has 8 heteroatoms. The minimum atomic E-state index is -2.96. The molecule has 0 saturated heterocycles. The standard InChI is InChI=1S/C34H39N3O4Si/c1-25-31(41-42(34(2,3)4,27-18-12-8-13-19-27)28-20-14-9-15-21-28)22-29(33(39-6)32(25)38-5)30(36-37-35)24-40-23-26-16-10-7-11-17-26/h7-22,30H,23-24H2,1-6H3/t30-/m1/s1. The fraction of sp³-hybridized carbons (Fsp3) is 0.294. The molecule has 4 aromatic rings. The summed E-state index contributed by atoms with van der Waals surface area (Å²) in [7, 11) is 0.230. The van der Waals surface area contributed by atoms with Crippen molar-refractivity contribution in [3.63, 3.8) is 0 Å². The van der Waals surface area contributed by atoms with Gasteiger partial charge in [-0.05, 0) is 39.5 Å². The minimum absolute atomic E-state index is 0.153. The summed E-state index contributed by atoms with van der Waals surface area (Å²) in [6, 6.07) is 32.0. The molecule has 218 valence electrons. The summed E-state index contributed by atoms with van der Waals surface area (Å²) >= 11 is 0. The average molecular weight is 582 g/mol. The molecule has 4 rings (SSSR count). The van der Waals surface area contributed by atoms with Crippen molar-refractivity contribution in [2.45, 2.75) is 45.4 Å². The van der Waals surface area contributed by atoms with Crippen LogP contribution in [-0.2, 0) is 11.3 Å². The van der Waals surface area contributed by atoms with Crippen LogP contribution in [0.15, 0.2) is 102 Å². The molecule has 0 radical (unpaired) electrons. The third-order valence-corrected chi connectivity index (χ3v) is 12.4. The first-order valence-corrected chi connectivity index (χ1v) is 15.9. The van der Waals surface area contributed by atoms with Gasteiger partial charge in [-0.1, -0.05) is 117 Å². The van der Waals surface area contributed by atoms with Crippen LogP contribution in [0.2, 0.25) is 5.04 Å². The van der Waals surface area contributed by atoms with Gasteiger partial charge in [0.05, 0.1) is 33.5 Å². The molecule has 0 heterocycles. The number of rotatable bonds is 12. The highest BCUT2D eigenvalue weighted by Crippen LogP contribution is 2.46. The lowest BCUT2D eigenvalue weighted by molar-refractivity contribution is 0.107. The second kappa shape index (κ2) is 13.6. The number of benzene rings is 4. The molecule has 1 atom stereocenters. The zero-order chi connectivity index (χ0) is 30.2. The molecule has 42 heavy (non-hydrogen) atoms. The normalized spacial score (nSPS) is 12.2. The minimum Gasteiger partial charge on any atom is -0.534 e. The van der Waals surface area contributed by atoms with Crippen LogP contribution in [0.1, 0.15) is 43.5 Å². The van der Waals surface area contributed by atoms with Crippen LogP contribution in [-0.4, -0.2) is 29.1 Å². The Balaban J connectivity index is 1.87. The molecule has 0 aliphatic rings. The average Bonchev–Trinajstić information content (AvgIpc) is 3.00. The van der Waals surface area contributed by atoms with Gasteiger partial charge in [0.15, 0.2) is 11.5 Å². The summed E-state index contributed by atoms with van der Waals surface area (Å²) in [5.74, 6) is 1.67. The van der Waals surface area contributed by atoms with Gasteiger partial charge in [-0.2, -0.15) is 0 Å². The molecule has 0 bridgehead atoms. The van der Waals surface area contributed by atoms with E-state index in [-0.39, 0.29) is 11.6 Å². The van der Waals surface area contributed by atoms with Gasteiger partial charge < -0.3 is 18.6 Å². The van der Waals surface area contributed by atoms with E-state index in [0.717, 1.165) is 21.5 Å². The number of azide groups is 1. The fourth-order valence-corrected chi connectivity index (χ4v) is 9.94. The molecule has 0 spiro atoms. The Morgan fingerprint density at radius 3 is 1.81 bits per heavy atom. The molecule has 4 aromatic carbocycles. The van der Waals surface area contributed by atoms with E-state index in [1.165, 1.54) is 0 Å². The summed E-state index contributed by atoms with van der Waals surface area (Å²) in [6.45, 7) is 9.20. The van der Waals surface area contributed by atoms with Crippen LogP contribution < -0.4 is 24.3 Å². The van der Waals surface area contributed by atoms with E-state index in [9.17, 15) is 5.53 Å². The quantitative estimate of drug-likeness (QED) is 0.0749. The van der Waals surface area contributed by atoms with Crippen LogP contribution in [0, 0.1) is 6.92 Å². The second-order valence-electron chi connectivity index (χ2n) is 11.1. The fourth-order valence-electron chi connectivity index (χ4n) is 5.46. The zero-order valence-electron chi connectivity index (χ0n) is 25.2. The molecule has 0 saturated carbocycles. The first-order chi connectivity index (χ1) is 20.3. The Labute approximate surface area is 249 Å². The smallest absolute Gasteiger partial charge is 0.319 e. The summed E-state index contributed by atoms with van der Waals surface area (Å²) in [4.78, 5) is 3.15.